The Labute approximate surface area is 164 Å². The van der Waals surface area contributed by atoms with Gasteiger partial charge in [-0.2, -0.15) is 0 Å². The second kappa shape index (κ2) is 13.9. The summed E-state index contributed by atoms with van der Waals surface area (Å²) >= 11 is 0. The number of carbonyl (C=O) groups excluding carboxylic acids is 2. The van der Waals surface area contributed by atoms with Gasteiger partial charge in [0, 0.05) is 13.1 Å². The maximum absolute atomic E-state index is 11.3. The highest BCUT2D eigenvalue weighted by Gasteiger charge is 2.32. The van der Waals surface area contributed by atoms with Gasteiger partial charge < -0.3 is 34.4 Å². The third kappa shape index (κ3) is 15.6. The average molecular weight is 425 g/mol. The second-order valence-electron chi connectivity index (χ2n) is 7.40. The third-order valence-corrected chi connectivity index (χ3v) is 11.2. The summed E-state index contributed by atoms with van der Waals surface area (Å²) in [7, 11) is -3.69. The van der Waals surface area contributed by atoms with Gasteiger partial charge in [-0.3, -0.25) is 0 Å². The van der Waals surface area contributed by atoms with Crippen molar-refractivity contribution in [1.82, 2.24) is 10.6 Å². The molecule has 2 amide bonds. The molecule has 0 radical (unpaired) electrons. The normalized spacial score (nSPS) is 11.8. The first kappa shape index (κ1) is 25.9. The van der Waals surface area contributed by atoms with Crippen LogP contribution in [0.1, 0.15) is 12.8 Å². The van der Waals surface area contributed by atoms with Crippen molar-refractivity contribution < 1.29 is 33.4 Å². The van der Waals surface area contributed by atoms with E-state index < -0.39 is 28.8 Å². The second-order valence-corrected chi connectivity index (χ2v) is 16.3. The van der Waals surface area contributed by atoms with Crippen LogP contribution >= 0.6 is 0 Å². The molecular weight excluding hydrogens is 388 g/mol. The van der Waals surface area contributed by atoms with E-state index in [1.807, 2.05) is 0 Å². The van der Waals surface area contributed by atoms with Crippen LogP contribution in [0.3, 0.4) is 0 Å². The van der Waals surface area contributed by atoms with Gasteiger partial charge in [0.1, 0.15) is 13.2 Å². The fourth-order valence-electron chi connectivity index (χ4n) is 2.64. The molecule has 0 aliphatic heterocycles. The number of ether oxygens (including phenoxy) is 2. The van der Waals surface area contributed by atoms with Crippen LogP contribution in [-0.4, -0.2) is 78.6 Å². The molecule has 160 valence electrons. The zero-order valence-electron chi connectivity index (χ0n) is 17.0. The van der Waals surface area contributed by atoms with E-state index in [0.29, 0.717) is 13.1 Å². The van der Waals surface area contributed by atoms with E-state index in [9.17, 15) is 9.59 Å². The van der Waals surface area contributed by atoms with Gasteiger partial charge in [0.15, 0.2) is 16.6 Å². The van der Waals surface area contributed by atoms with Crippen molar-refractivity contribution in [3.05, 3.63) is 0 Å². The summed E-state index contributed by atoms with van der Waals surface area (Å²) in [6.45, 7) is 9.39. The SMILES string of the molecule is C[Si](C)(CCCNC(=O)OCCO)O[Si](C)(C)CCCNC(=O)OCCO. The Bertz CT molecular complexity index is 399. The Morgan fingerprint density at radius 1 is 0.778 bits per heavy atom. The Morgan fingerprint density at radius 2 is 1.15 bits per heavy atom. The average Bonchev–Trinajstić information content (AvgIpc) is 2.58. The van der Waals surface area contributed by atoms with Crippen LogP contribution < -0.4 is 10.6 Å². The van der Waals surface area contributed by atoms with E-state index in [1.54, 1.807) is 0 Å². The lowest BCUT2D eigenvalue weighted by atomic mass is 10.5. The summed E-state index contributed by atoms with van der Waals surface area (Å²) in [6, 6.07) is 1.85. The van der Waals surface area contributed by atoms with Gasteiger partial charge in [-0.1, -0.05) is 0 Å². The van der Waals surface area contributed by atoms with Crippen LogP contribution in [0.15, 0.2) is 0 Å². The molecule has 9 nitrogen and oxygen atoms in total. The topological polar surface area (TPSA) is 126 Å². The first-order chi connectivity index (χ1) is 12.6. The standard InChI is InChI=1S/C16H36N2O7Si2/c1-26(2,13-5-7-17-15(21)23-11-9-19)25-27(3,4)14-6-8-18-16(22)24-12-10-20/h19-20H,5-14H2,1-4H3,(H,17,21)(H,18,22). The van der Waals surface area contributed by atoms with Crippen molar-refractivity contribution >= 4 is 28.8 Å². The Morgan fingerprint density at radius 3 is 1.48 bits per heavy atom. The largest absolute Gasteiger partial charge is 0.455 e. The molecule has 27 heavy (non-hydrogen) atoms. The van der Waals surface area contributed by atoms with Crippen LogP contribution in [0.2, 0.25) is 38.3 Å². The predicted molar refractivity (Wildman–Crippen MR) is 108 cm³/mol. The lowest BCUT2D eigenvalue weighted by Gasteiger charge is -2.34. The number of alkyl carbamates (subject to hydrolysis) is 2. The first-order valence-corrected chi connectivity index (χ1v) is 15.6. The molecule has 0 atom stereocenters. The van der Waals surface area contributed by atoms with Crippen molar-refractivity contribution in [2.45, 2.75) is 51.1 Å². The molecule has 0 saturated carbocycles. The van der Waals surface area contributed by atoms with Gasteiger partial charge in [-0.15, -0.1) is 0 Å². The first-order valence-electron chi connectivity index (χ1n) is 9.35. The zero-order valence-corrected chi connectivity index (χ0v) is 19.0. The number of carbonyl (C=O) groups is 2. The summed E-state index contributed by atoms with van der Waals surface area (Å²) < 4.78 is 16.0. The van der Waals surface area contributed by atoms with Gasteiger partial charge in [-0.25, -0.2) is 9.59 Å². The summed E-state index contributed by atoms with van der Waals surface area (Å²) in [5.74, 6) is 0. The molecule has 0 saturated heterocycles. The van der Waals surface area contributed by atoms with Crippen LogP contribution in [-0.2, 0) is 13.6 Å². The highest BCUT2D eigenvalue weighted by atomic mass is 28.4. The number of aliphatic hydroxyl groups is 2. The Hall–Kier alpha value is -1.15. The predicted octanol–water partition coefficient (Wildman–Crippen LogP) is 1.63. The number of hydrogen-bond acceptors (Lipinski definition) is 7. The molecule has 0 aromatic heterocycles. The molecule has 0 aliphatic carbocycles. The highest BCUT2D eigenvalue weighted by molar-refractivity contribution is 6.84. The van der Waals surface area contributed by atoms with Crippen LogP contribution in [0, 0.1) is 0 Å². The van der Waals surface area contributed by atoms with E-state index in [-0.39, 0.29) is 26.4 Å². The van der Waals surface area contributed by atoms with Crippen molar-refractivity contribution in [2.75, 3.05) is 39.5 Å². The molecule has 11 heteroatoms. The van der Waals surface area contributed by atoms with Crippen molar-refractivity contribution in [1.29, 1.82) is 0 Å². The van der Waals surface area contributed by atoms with Gasteiger partial charge in [-0.05, 0) is 51.1 Å². The molecule has 0 spiro atoms. The number of rotatable bonds is 14. The van der Waals surface area contributed by atoms with E-state index in [2.05, 4.69) is 36.8 Å². The fourth-order valence-corrected chi connectivity index (χ4v) is 11.5. The summed E-state index contributed by atoms with van der Waals surface area (Å²) in [6.07, 6.45) is 0.611. The zero-order chi connectivity index (χ0) is 20.8. The summed E-state index contributed by atoms with van der Waals surface area (Å²) in [4.78, 5) is 22.6. The van der Waals surface area contributed by atoms with Gasteiger partial charge >= 0.3 is 12.2 Å². The Kier molecular flexibility index (Phi) is 13.3. The number of amides is 2. The number of aliphatic hydroxyl groups excluding tert-OH is 2. The van der Waals surface area contributed by atoms with E-state index in [4.69, 9.17) is 23.8 Å². The lowest BCUT2D eigenvalue weighted by Crippen LogP contribution is -2.45. The molecule has 0 unspecified atom stereocenters. The van der Waals surface area contributed by atoms with Crippen molar-refractivity contribution in [2.24, 2.45) is 0 Å². The molecule has 0 aromatic carbocycles. The number of nitrogens with one attached hydrogen (secondary N) is 2. The van der Waals surface area contributed by atoms with Crippen molar-refractivity contribution in [3.63, 3.8) is 0 Å². The van der Waals surface area contributed by atoms with E-state index >= 15 is 0 Å². The molecule has 0 bridgehead atoms. The fraction of sp³-hybridized carbons (Fsp3) is 0.875. The van der Waals surface area contributed by atoms with E-state index in [0.717, 1.165) is 24.9 Å². The van der Waals surface area contributed by atoms with Crippen LogP contribution in [0.4, 0.5) is 9.59 Å². The molecule has 0 heterocycles. The quantitative estimate of drug-likeness (QED) is 0.246. The van der Waals surface area contributed by atoms with Crippen molar-refractivity contribution in [3.8, 4) is 0 Å². The van der Waals surface area contributed by atoms with Crippen LogP contribution in [0.5, 0.6) is 0 Å². The maximum atomic E-state index is 11.3. The minimum absolute atomic E-state index is 0.00297. The van der Waals surface area contributed by atoms with Gasteiger partial charge in [0.2, 0.25) is 0 Å². The smallest absolute Gasteiger partial charge is 0.407 e. The monoisotopic (exact) mass is 424 g/mol. The number of hydrogen-bond donors (Lipinski definition) is 4. The highest BCUT2D eigenvalue weighted by Crippen LogP contribution is 2.23. The minimum Gasteiger partial charge on any atom is -0.455 e. The molecule has 0 aliphatic rings. The Balaban J connectivity index is 4.00. The molecule has 0 fully saturated rings. The summed E-state index contributed by atoms with van der Waals surface area (Å²) in [5.41, 5.74) is 0. The molecule has 0 aromatic rings. The maximum Gasteiger partial charge on any atom is 0.407 e. The van der Waals surface area contributed by atoms with Gasteiger partial charge in [0.05, 0.1) is 13.2 Å². The van der Waals surface area contributed by atoms with Crippen LogP contribution in [0.25, 0.3) is 0 Å². The van der Waals surface area contributed by atoms with Gasteiger partial charge in [0.25, 0.3) is 0 Å². The molecular formula is C16H36N2O7Si2. The minimum atomic E-state index is -1.85. The summed E-state index contributed by atoms with van der Waals surface area (Å²) in [5, 5.41) is 22.5. The molecule has 0 rings (SSSR count). The third-order valence-electron chi connectivity index (χ3n) is 3.65. The molecule has 4 N–H and O–H groups in total. The lowest BCUT2D eigenvalue weighted by molar-refractivity contribution is 0.119. The van der Waals surface area contributed by atoms with E-state index in [1.165, 1.54) is 0 Å².